The minimum Gasteiger partial charge on any atom is -0.411 e. The number of rotatable bonds is 6. The van der Waals surface area contributed by atoms with Crippen molar-refractivity contribution >= 4 is 41.7 Å². The Morgan fingerprint density at radius 3 is 2.38 bits per heavy atom. The molecule has 0 bridgehead atoms. The van der Waals surface area contributed by atoms with Crippen LogP contribution in [0.1, 0.15) is 32.8 Å². The Labute approximate surface area is 161 Å². The molecule has 0 aliphatic heterocycles. The topological polar surface area (TPSA) is 9.23 Å². The first-order valence-electron chi connectivity index (χ1n) is 8.65. The Morgan fingerprint density at radius 1 is 1.08 bits per heavy atom. The van der Waals surface area contributed by atoms with E-state index in [2.05, 4.69) is 109 Å². The molecule has 2 aromatic rings. The van der Waals surface area contributed by atoms with Crippen molar-refractivity contribution in [1.29, 1.82) is 0 Å². The summed E-state index contributed by atoms with van der Waals surface area (Å²) in [5, 5.41) is 2.87. The SMILES string of the molecule is CC(C)(C)[Si](C)(C)OC(/C=C/I)CCc1ccc2ccccc2c1. The summed E-state index contributed by atoms with van der Waals surface area (Å²) >= 11 is 2.30. The van der Waals surface area contributed by atoms with E-state index in [4.69, 9.17) is 4.43 Å². The van der Waals surface area contributed by atoms with Crippen LogP contribution in [0.5, 0.6) is 0 Å². The fourth-order valence-corrected chi connectivity index (χ4v) is 4.30. The number of halogens is 1. The van der Waals surface area contributed by atoms with Gasteiger partial charge in [-0.05, 0) is 51.4 Å². The summed E-state index contributed by atoms with van der Waals surface area (Å²) in [5.74, 6) is 0. The third-order valence-electron chi connectivity index (χ3n) is 5.07. The van der Waals surface area contributed by atoms with Gasteiger partial charge < -0.3 is 4.43 Å². The highest BCUT2D eigenvalue weighted by atomic mass is 127. The largest absolute Gasteiger partial charge is 0.411 e. The van der Waals surface area contributed by atoms with Gasteiger partial charge in [-0.1, -0.05) is 91.9 Å². The van der Waals surface area contributed by atoms with Crippen LogP contribution in [0.3, 0.4) is 0 Å². The van der Waals surface area contributed by atoms with Crippen LogP contribution in [0.2, 0.25) is 18.1 Å². The molecule has 2 rings (SSSR count). The van der Waals surface area contributed by atoms with Crippen molar-refractivity contribution in [3.8, 4) is 0 Å². The number of aryl methyl sites for hydroxylation is 1. The van der Waals surface area contributed by atoms with E-state index in [9.17, 15) is 0 Å². The molecule has 24 heavy (non-hydrogen) atoms. The van der Waals surface area contributed by atoms with Gasteiger partial charge in [-0.2, -0.15) is 0 Å². The van der Waals surface area contributed by atoms with Crippen LogP contribution >= 0.6 is 22.6 Å². The average Bonchev–Trinajstić information content (AvgIpc) is 2.51. The van der Waals surface area contributed by atoms with Crippen molar-refractivity contribution < 1.29 is 4.43 Å². The molecule has 0 aliphatic carbocycles. The monoisotopic (exact) mass is 452 g/mol. The number of hydrogen-bond acceptors (Lipinski definition) is 1. The summed E-state index contributed by atoms with van der Waals surface area (Å²) in [6.07, 6.45) is 4.49. The van der Waals surface area contributed by atoms with Crippen molar-refractivity contribution in [2.45, 2.75) is 57.8 Å². The van der Waals surface area contributed by atoms with E-state index in [1.54, 1.807) is 0 Å². The second-order valence-electron chi connectivity index (χ2n) is 7.96. The van der Waals surface area contributed by atoms with E-state index in [1.807, 2.05) is 0 Å². The second-order valence-corrected chi connectivity index (χ2v) is 13.4. The fourth-order valence-electron chi connectivity index (χ4n) is 2.53. The molecule has 0 amide bonds. The number of hydrogen-bond donors (Lipinski definition) is 0. The molecular weight excluding hydrogens is 423 g/mol. The molecule has 1 unspecified atom stereocenters. The summed E-state index contributed by atoms with van der Waals surface area (Å²) in [6.45, 7) is 11.6. The highest BCUT2D eigenvalue weighted by molar-refractivity contribution is 14.1. The lowest BCUT2D eigenvalue weighted by Crippen LogP contribution is -2.43. The molecule has 0 aromatic heterocycles. The lowest BCUT2D eigenvalue weighted by Gasteiger charge is -2.38. The quantitative estimate of drug-likeness (QED) is 0.335. The average molecular weight is 452 g/mol. The molecular formula is C21H29IOSi. The Bertz CT molecular complexity index is 700. The van der Waals surface area contributed by atoms with E-state index in [-0.39, 0.29) is 11.1 Å². The van der Waals surface area contributed by atoms with Crippen LogP contribution < -0.4 is 0 Å². The zero-order chi connectivity index (χ0) is 17.8. The van der Waals surface area contributed by atoms with Gasteiger partial charge in [-0.3, -0.25) is 0 Å². The maximum Gasteiger partial charge on any atom is 0.192 e. The van der Waals surface area contributed by atoms with Crippen LogP contribution in [0, 0.1) is 0 Å². The maximum atomic E-state index is 6.60. The number of fused-ring (bicyclic) bond motifs is 1. The standard InChI is InChI=1S/C21H29IOSi/c1-21(2,3)24(4,5)23-20(14-15-22)13-11-17-10-12-18-8-6-7-9-19(18)16-17/h6-10,12,14-16,20H,11,13H2,1-5H3/b15-14+. The van der Waals surface area contributed by atoms with E-state index < -0.39 is 8.32 Å². The normalized spacial score (nSPS) is 14.4. The van der Waals surface area contributed by atoms with E-state index in [0.717, 1.165) is 12.8 Å². The predicted octanol–water partition coefficient (Wildman–Crippen LogP) is 7.11. The van der Waals surface area contributed by atoms with Crippen LogP contribution in [-0.4, -0.2) is 14.4 Å². The van der Waals surface area contributed by atoms with Gasteiger partial charge >= 0.3 is 0 Å². The Balaban J connectivity index is 2.07. The molecule has 0 saturated carbocycles. The molecule has 0 saturated heterocycles. The molecule has 1 atom stereocenters. The minimum atomic E-state index is -1.74. The summed E-state index contributed by atoms with van der Waals surface area (Å²) in [5.41, 5.74) is 1.39. The smallest absolute Gasteiger partial charge is 0.192 e. The molecule has 0 N–H and O–H groups in total. The first kappa shape index (κ1) is 19.7. The van der Waals surface area contributed by atoms with Gasteiger partial charge in [0.25, 0.3) is 0 Å². The van der Waals surface area contributed by atoms with Gasteiger partial charge in [-0.15, -0.1) is 0 Å². The zero-order valence-corrected chi connectivity index (χ0v) is 18.6. The van der Waals surface area contributed by atoms with Crippen LogP contribution in [0.25, 0.3) is 10.8 Å². The summed E-state index contributed by atoms with van der Waals surface area (Å²) in [7, 11) is -1.74. The molecule has 0 radical (unpaired) electrons. The summed E-state index contributed by atoms with van der Waals surface area (Å²) in [6, 6.07) is 15.3. The Hall–Kier alpha value is -0.653. The highest BCUT2D eigenvalue weighted by Crippen LogP contribution is 2.38. The molecule has 1 nitrogen and oxygen atoms in total. The summed E-state index contributed by atoms with van der Waals surface area (Å²) in [4.78, 5) is 0. The lowest BCUT2D eigenvalue weighted by molar-refractivity contribution is 0.215. The zero-order valence-electron chi connectivity index (χ0n) is 15.5. The highest BCUT2D eigenvalue weighted by Gasteiger charge is 2.38. The van der Waals surface area contributed by atoms with Crippen molar-refractivity contribution in [1.82, 2.24) is 0 Å². The van der Waals surface area contributed by atoms with E-state index >= 15 is 0 Å². The van der Waals surface area contributed by atoms with Crippen molar-refractivity contribution in [2.75, 3.05) is 0 Å². The third kappa shape index (κ3) is 5.17. The van der Waals surface area contributed by atoms with Crippen molar-refractivity contribution in [2.24, 2.45) is 0 Å². The first-order valence-corrected chi connectivity index (χ1v) is 12.8. The maximum absolute atomic E-state index is 6.60. The fraction of sp³-hybridized carbons (Fsp3) is 0.429. The number of benzene rings is 2. The third-order valence-corrected chi connectivity index (χ3v) is 9.99. The van der Waals surface area contributed by atoms with Crippen molar-refractivity contribution in [3.05, 3.63) is 58.2 Å². The van der Waals surface area contributed by atoms with Gasteiger partial charge in [0.05, 0.1) is 6.10 Å². The van der Waals surface area contributed by atoms with Gasteiger partial charge in [-0.25, -0.2) is 0 Å². The molecule has 0 fully saturated rings. The lowest BCUT2D eigenvalue weighted by atomic mass is 10.0. The van der Waals surface area contributed by atoms with Gasteiger partial charge in [0, 0.05) is 0 Å². The molecule has 130 valence electrons. The molecule has 0 aliphatic rings. The molecule has 0 heterocycles. The molecule has 3 heteroatoms. The minimum absolute atomic E-state index is 0.203. The van der Waals surface area contributed by atoms with Crippen LogP contribution in [0.15, 0.2) is 52.6 Å². The van der Waals surface area contributed by atoms with Gasteiger partial charge in [0.15, 0.2) is 8.32 Å². The first-order chi connectivity index (χ1) is 11.2. The molecule has 2 aromatic carbocycles. The van der Waals surface area contributed by atoms with Gasteiger partial charge in [0.1, 0.15) is 0 Å². The predicted molar refractivity (Wildman–Crippen MR) is 117 cm³/mol. The summed E-state index contributed by atoms with van der Waals surface area (Å²) < 4.78 is 8.69. The van der Waals surface area contributed by atoms with Crippen molar-refractivity contribution in [3.63, 3.8) is 0 Å². The van der Waals surface area contributed by atoms with E-state index in [1.165, 1.54) is 16.3 Å². The van der Waals surface area contributed by atoms with Crippen LogP contribution in [-0.2, 0) is 10.8 Å². The Morgan fingerprint density at radius 2 is 1.75 bits per heavy atom. The van der Waals surface area contributed by atoms with Crippen LogP contribution in [0.4, 0.5) is 0 Å². The van der Waals surface area contributed by atoms with Gasteiger partial charge in [0.2, 0.25) is 0 Å². The molecule has 0 spiro atoms. The second kappa shape index (κ2) is 8.15. The Kier molecular flexibility index (Phi) is 6.68. The van der Waals surface area contributed by atoms with E-state index in [0.29, 0.717) is 0 Å².